The maximum atomic E-state index is 12.5. The van der Waals surface area contributed by atoms with E-state index in [1.807, 2.05) is 0 Å². The fraction of sp³-hybridized carbons (Fsp3) is 1.00. The Balaban J connectivity index is 1.96. The van der Waals surface area contributed by atoms with E-state index in [1.54, 1.807) is 11.8 Å². The zero-order valence-electron chi connectivity index (χ0n) is 7.81. The Bertz CT molecular complexity index is 207. The molecule has 1 heterocycles. The molecule has 1 aliphatic heterocycles. The molecule has 0 aromatic heterocycles. The largest absolute Gasteiger partial charge is 0.391 e. The first-order valence-electron chi connectivity index (χ1n) is 4.99. The highest BCUT2D eigenvalue weighted by Crippen LogP contribution is 2.42. The third kappa shape index (κ3) is 2.19. The summed E-state index contributed by atoms with van der Waals surface area (Å²) in [5.41, 5.74) is 0. The molecule has 1 saturated carbocycles. The van der Waals surface area contributed by atoms with Crippen LogP contribution >= 0.6 is 11.8 Å². The minimum Gasteiger partial charge on any atom is -0.312 e. The van der Waals surface area contributed by atoms with Gasteiger partial charge in [-0.1, -0.05) is 0 Å². The van der Waals surface area contributed by atoms with Gasteiger partial charge >= 0.3 is 6.18 Å². The van der Waals surface area contributed by atoms with Crippen molar-refractivity contribution in [3.8, 4) is 0 Å². The highest BCUT2D eigenvalue weighted by Gasteiger charge is 2.45. The molecule has 3 atom stereocenters. The van der Waals surface area contributed by atoms with E-state index in [9.17, 15) is 13.2 Å². The monoisotopic (exact) mass is 225 g/mol. The molecule has 5 heteroatoms. The lowest BCUT2D eigenvalue weighted by molar-refractivity contribution is -0.182. The Morgan fingerprint density at radius 1 is 1.21 bits per heavy atom. The zero-order chi connectivity index (χ0) is 10.2. The van der Waals surface area contributed by atoms with E-state index in [-0.39, 0.29) is 5.25 Å². The van der Waals surface area contributed by atoms with Crippen molar-refractivity contribution in [1.29, 1.82) is 0 Å². The maximum absolute atomic E-state index is 12.5. The highest BCUT2D eigenvalue weighted by molar-refractivity contribution is 8.00. The molecule has 2 aliphatic rings. The predicted octanol–water partition coefficient (Wildman–Crippen LogP) is 2.42. The van der Waals surface area contributed by atoms with Crippen LogP contribution in [0.2, 0.25) is 0 Å². The minimum atomic E-state index is -3.98. The third-order valence-electron chi connectivity index (χ3n) is 3.10. The molecule has 1 saturated heterocycles. The van der Waals surface area contributed by atoms with Crippen LogP contribution in [-0.4, -0.2) is 29.8 Å². The summed E-state index contributed by atoms with van der Waals surface area (Å²) in [7, 11) is 0. The van der Waals surface area contributed by atoms with E-state index in [2.05, 4.69) is 5.32 Å². The molecule has 0 amide bonds. The first-order chi connectivity index (χ1) is 6.57. The summed E-state index contributed by atoms with van der Waals surface area (Å²) in [5.74, 6) is -0.109. The van der Waals surface area contributed by atoms with Gasteiger partial charge in [0, 0.05) is 23.6 Å². The minimum absolute atomic E-state index is 0.184. The van der Waals surface area contributed by atoms with Crippen molar-refractivity contribution in [2.75, 3.05) is 12.3 Å². The van der Waals surface area contributed by atoms with Gasteiger partial charge in [-0.3, -0.25) is 0 Å². The molecule has 0 aromatic rings. The molecule has 0 radical (unpaired) electrons. The van der Waals surface area contributed by atoms with Crippen LogP contribution in [-0.2, 0) is 0 Å². The second-order valence-corrected chi connectivity index (χ2v) is 5.37. The Morgan fingerprint density at radius 2 is 2.00 bits per heavy atom. The summed E-state index contributed by atoms with van der Waals surface area (Å²) in [5, 5.41) is 3.49. The molecule has 14 heavy (non-hydrogen) atoms. The normalized spacial score (nSPS) is 39.2. The quantitative estimate of drug-likeness (QED) is 0.679. The van der Waals surface area contributed by atoms with E-state index in [4.69, 9.17) is 0 Å². The van der Waals surface area contributed by atoms with Gasteiger partial charge < -0.3 is 5.32 Å². The molecule has 1 N–H and O–H groups in total. The fourth-order valence-corrected chi connectivity index (χ4v) is 3.67. The Kier molecular flexibility index (Phi) is 2.98. The summed E-state index contributed by atoms with van der Waals surface area (Å²) in [6.07, 6.45) is -2.69. The molecule has 1 nitrogen and oxygen atoms in total. The van der Waals surface area contributed by atoms with Crippen molar-refractivity contribution in [2.45, 2.75) is 36.7 Å². The van der Waals surface area contributed by atoms with E-state index in [0.29, 0.717) is 25.3 Å². The lowest BCUT2D eigenvalue weighted by atomic mass is 9.85. The predicted molar refractivity (Wildman–Crippen MR) is 51.4 cm³/mol. The van der Waals surface area contributed by atoms with Gasteiger partial charge in [0.15, 0.2) is 0 Å². The highest BCUT2D eigenvalue weighted by atomic mass is 32.2. The lowest BCUT2D eigenvalue weighted by Crippen LogP contribution is -2.49. The number of hydrogen-bond acceptors (Lipinski definition) is 2. The molecule has 0 bridgehead atoms. The first kappa shape index (κ1) is 10.6. The summed E-state index contributed by atoms with van der Waals surface area (Å²) < 4.78 is 37.4. The summed E-state index contributed by atoms with van der Waals surface area (Å²) in [6.45, 7) is 0.947. The molecule has 2 fully saturated rings. The van der Waals surface area contributed by atoms with Crippen molar-refractivity contribution >= 4 is 11.8 Å². The Labute approximate surface area is 85.8 Å². The molecule has 1 aliphatic carbocycles. The van der Waals surface area contributed by atoms with E-state index < -0.39 is 12.1 Å². The number of thioether (sulfide) groups is 1. The second-order valence-electron chi connectivity index (χ2n) is 4.02. The number of alkyl halides is 3. The van der Waals surface area contributed by atoms with Crippen molar-refractivity contribution in [2.24, 2.45) is 5.92 Å². The van der Waals surface area contributed by atoms with Gasteiger partial charge in [-0.2, -0.15) is 24.9 Å². The average molecular weight is 225 g/mol. The van der Waals surface area contributed by atoms with Crippen molar-refractivity contribution in [3.63, 3.8) is 0 Å². The molecule has 0 aromatic carbocycles. The number of halogens is 3. The molecule has 82 valence electrons. The Morgan fingerprint density at radius 3 is 2.71 bits per heavy atom. The van der Waals surface area contributed by atoms with Crippen molar-refractivity contribution < 1.29 is 13.2 Å². The van der Waals surface area contributed by atoms with Gasteiger partial charge in [-0.15, -0.1) is 0 Å². The number of hydrogen-bond donors (Lipinski definition) is 1. The molecule has 2 rings (SSSR count). The molecule has 0 spiro atoms. The van der Waals surface area contributed by atoms with Gasteiger partial charge in [0.2, 0.25) is 0 Å². The fourth-order valence-electron chi connectivity index (χ4n) is 2.30. The maximum Gasteiger partial charge on any atom is 0.391 e. The number of nitrogens with one attached hydrogen (secondary N) is 1. The zero-order valence-corrected chi connectivity index (χ0v) is 8.63. The van der Waals surface area contributed by atoms with Crippen LogP contribution in [0.5, 0.6) is 0 Å². The van der Waals surface area contributed by atoms with Crippen LogP contribution in [0, 0.1) is 5.92 Å². The van der Waals surface area contributed by atoms with E-state index in [1.165, 1.54) is 0 Å². The van der Waals surface area contributed by atoms with Crippen LogP contribution in [0.15, 0.2) is 0 Å². The third-order valence-corrected chi connectivity index (χ3v) is 4.48. The molecule has 3 unspecified atom stereocenters. The first-order valence-corrected chi connectivity index (χ1v) is 6.04. The lowest BCUT2D eigenvalue weighted by Gasteiger charge is -2.39. The van der Waals surface area contributed by atoms with Gasteiger partial charge in [0.05, 0.1) is 5.92 Å². The van der Waals surface area contributed by atoms with E-state index in [0.717, 1.165) is 12.3 Å². The van der Waals surface area contributed by atoms with Crippen molar-refractivity contribution in [1.82, 2.24) is 5.32 Å². The molecular weight excluding hydrogens is 211 g/mol. The van der Waals surface area contributed by atoms with Gasteiger partial charge in [0.25, 0.3) is 0 Å². The van der Waals surface area contributed by atoms with Crippen LogP contribution in [0.1, 0.15) is 19.3 Å². The summed E-state index contributed by atoms with van der Waals surface area (Å²) in [6, 6.07) is 0.326. The molecular formula is C9H14F3NS. The topological polar surface area (TPSA) is 12.0 Å². The number of rotatable bonds is 0. The average Bonchev–Trinajstić information content (AvgIpc) is 2.16. The van der Waals surface area contributed by atoms with Gasteiger partial charge in [0.1, 0.15) is 0 Å². The van der Waals surface area contributed by atoms with Crippen LogP contribution in [0.25, 0.3) is 0 Å². The van der Waals surface area contributed by atoms with Crippen LogP contribution < -0.4 is 5.32 Å². The van der Waals surface area contributed by atoms with Gasteiger partial charge in [-0.25, -0.2) is 0 Å². The number of fused-ring (bicyclic) bond motifs is 1. The van der Waals surface area contributed by atoms with Gasteiger partial charge in [-0.05, 0) is 19.3 Å². The smallest absolute Gasteiger partial charge is 0.312 e. The van der Waals surface area contributed by atoms with E-state index >= 15 is 0 Å². The summed E-state index contributed by atoms with van der Waals surface area (Å²) in [4.78, 5) is 0. The second kappa shape index (κ2) is 3.93. The van der Waals surface area contributed by atoms with Crippen LogP contribution in [0.3, 0.4) is 0 Å². The standard InChI is InChI=1S/C9H14F3NS/c10-9(11,12)6-1-2-7-8(5-6)14-4-3-13-7/h6-8,13H,1-5H2. The summed E-state index contributed by atoms with van der Waals surface area (Å²) >= 11 is 1.70. The van der Waals surface area contributed by atoms with Crippen molar-refractivity contribution in [3.05, 3.63) is 0 Å². The SMILES string of the molecule is FC(F)(F)C1CCC2NCCSC2C1. The van der Waals surface area contributed by atoms with Crippen LogP contribution in [0.4, 0.5) is 13.2 Å². The Hall–Kier alpha value is 0.100.